The largest absolute Gasteiger partial charge is 0.493 e. The molecule has 234 valence electrons. The number of rotatable bonds is 12. The van der Waals surface area contributed by atoms with Crippen LogP contribution in [0.15, 0.2) is 47.4 Å². The van der Waals surface area contributed by atoms with Crippen LogP contribution in [-0.4, -0.2) is 63.3 Å². The molecule has 12 heteroatoms. The fourth-order valence-electron chi connectivity index (χ4n) is 5.39. The number of benzene rings is 1. The second-order valence-electron chi connectivity index (χ2n) is 10.1. The van der Waals surface area contributed by atoms with Crippen LogP contribution in [0.5, 0.6) is 23.1 Å². The minimum Gasteiger partial charge on any atom is -0.493 e. The Labute approximate surface area is 261 Å². The molecule has 2 atom stereocenters. The van der Waals surface area contributed by atoms with E-state index >= 15 is 0 Å². The molecule has 2 aromatic carbocycles. The molecule has 3 aromatic rings. The van der Waals surface area contributed by atoms with Crippen LogP contribution < -0.4 is 40.3 Å². The number of hydrogen-bond donors (Lipinski definition) is 3. The first-order valence-corrected chi connectivity index (χ1v) is 15.5. The van der Waals surface area contributed by atoms with Crippen LogP contribution in [0.3, 0.4) is 0 Å². The predicted octanol–water partition coefficient (Wildman–Crippen LogP) is 4.44. The Bertz CT molecular complexity index is 1580. The number of fused-ring (bicyclic) bond motifs is 3. The second kappa shape index (κ2) is 14.8. The molecule has 0 radical (unpaired) electrons. The molecule has 1 heterocycles. The number of methoxy groups -OCH3 is 4. The van der Waals surface area contributed by atoms with E-state index < -0.39 is 12.1 Å². The smallest absolute Gasteiger partial charge is 0.247 e. The highest BCUT2D eigenvalue weighted by Gasteiger charge is 2.30. The summed E-state index contributed by atoms with van der Waals surface area (Å²) in [7, 11) is 6.12. The molecule has 1 aliphatic rings. The Hall–Kier alpha value is -4.45. The molecule has 4 rings (SSSR count). The van der Waals surface area contributed by atoms with Gasteiger partial charge in [0.1, 0.15) is 11.7 Å². The van der Waals surface area contributed by atoms with Gasteiger partial charge >= 0.3 is 0 Å². The van der Waals surface area contributed by atoms with Gasteiger partial charge in [-0.1, -0.05) is 6.07 Å². The first kappa shape index (κ1) is 32.5. The number of nitrogens with zero attached hydrogens (tertiary/aromatic N) is 1. The summed E-state index contributed by atoms with van der Waals surface area (Å²) in [5, 5.41) is 9.06. The van der Waals surface area contributed by atoms with E-state index in [1.807, 2.05) is 18.4 Å². The molecule has 0 bridgehead atoms. The molecule has 0 unspecified atom stereocenters. The lowest BCUT2D eigenvalue weighted by Gasteiger charge is -2.19. The van der Waals surface area contributed by atoms with E-state index in [0.29, 0.717) is 59.1 Å². The van der Waals surface area contributed by atoms with Gasteiger partial charge in [-0.25, -0.2) is 4.98 Å². The predicted molar refractivity (Wildman–Crippen MR) is 173 cm³/mol. The summed E-state index contributed by atoms with van der Waals surface area (Å²) in [6.45, 7) is 1.45. The Morgan fingerprint density at radius 3 is 2.45 bits per heavy atom. The van der Waals surface area contributed by atoms with Crippen molar-refractivity contribution in [3.63, 3.8) is 0 Å². The molecule has 0 spiro atoms. The number of carbonyl (C=O) groups excluding carboxylic acids is 2. The third kappa shape index (κ3) is 7.02. The van der Waals surface area contributed by atoms with Gasteiger partial charge < -0.3 is 34.9 Å². The maximum Gasteiger partial charge on any atom is 0.247 e. The molecule has 1 aromatic heterocycles. The van der Waals surface area contributed by atoms with Crippen molar-refractivity contribution >= 4 is 35.0 Å². The normalized spacial score (nSPS) is 14.2. The highest BCUT2D eigenvalue weighted by Crippen LogP contribution is 2.50. The summed E-state index contributed by atoms with van der Waals surface area (Å²) in [5.74, 6) is 1.81. The summed E-state index contributed by atoms with van der Waals surface area (Å²) in [6.07, 6.45) is 5.10. The summed E-state index contributed by atoms with van der Waals surface area (Å²) >= 11 is 1.59. The Kier molecular flexibility index (Phi) is 10.9. The van der Waals surface area contributed by atoms with Crippen molar-refractivity contribution in [2.45, 2.75) is 38.3 Å². The first-order valence-electron chi connectivity index (χ1n) is 14.1. The Morgan fingerprint density at radius 1 is 1.02 bits per heavy atom. The van der Waals surface area contributed by atoms with Crippen LogP contribution in [0.2, 0.25) is 0 Å². The second-order valence-corrected chi connectivity index (χ2v) is 11.1. The van der Waals surface area contributed by atoms with Crippen molar-refractivity contribution < 1.29 is 28.5 Å². The zero-order chi connectivity index (χ0) is 31.8. The van der Waals surface area contributed by atoms with Crippen LogP contribution in [-0.2, 0) is 16.0 Å². The Morgan fingerprint density at radius 2 is 1.80 bits per heavy atom. The van der Waals surface area contributed by atoms with E-state index in [1.54, 1.807) is 50.4 Å². The number of amides is 2. The summed E-state index contributed by atoms with van der Waals surface area (Å²) in [5.41, 5.74) is 3.33. The highest BCUT2D eigenvalue weighted by atomic mass is 32.2. The average molecular weight is 623 g/mol. The van der Waals surface area contributed by atoms with E-state index in [4.69, 9.17) is 18.9 Å². The fraction of sp³-hybridized carbons (Fsp3) is 0.375. The Balaban J connectivity index is 1.84. The summed E-state index contributed by atoms with van der Waals surface area (Å²) in [6, 6.07) is 9.13. The van der Waals surface area contributed by atoms with E-state index in [-0.39, 0.29) is 28.8 Å². The van der Waals surface area contributed by atoms with E-state index in [2.05, 4.69) is 20.9 Å². The molecule has 1 aliphatic carbocycles. The number of carbonyl (C=O) groups is 2. The van der Waals surface area contributed by atoms with Crippen molar-refractivity contribution in [3.05, 3.63) is 63.9 Å². The monoisotopic (exact) mass is 622 g/mol. The number of aromatic nitrogens is 1. The average Bonchev–Trinajstić information content (AvgIpc) is 3.26. The standard InChI is InChI=1S/C32H38N4O7S/c1-18(37)34-22-11-9-19-16-27(40-2)29(41-3)30(42-4)28(19)20-10-12-23(26(38)17-21(20)22)35-24(13-15-44-6)31(39)36-25-8-7-14-33-32(25)43-5/h7-8,10,12,14,16-17,22,24H,9,11,13,15H2,1-6H3,(H,34,37)(H,35,38)(H,36,39)/t22-,24-/m1/s1. The van der Waals surface area contributed by atoms with Gasteiger partial charge in [-0.15, -0.1) is 0 Å². The summed E-state index contributed by atoms with van der Waals surface area (Å²) < 4.78 is 22.4. The van der Waals surface area contributed by atoms with Gasteiger partial charge in [-0.05, 0) is 78.3 Å². The van der Waals surface area contributed by atoms with Crippen LogP contribution in [0.1, 0.15) is 36.9 Å². The van der Waals surface area contributed by atoms with Gasteiger partial charge in [0.05, 0.1) is 40.2 Å². The number of nitrogens with one attached hydrogen (secondary N) is 3. The van der Waals surface area contributed by atoms with Crippen LogP contribution in [0.4, 0.5) is 11.4 Å². The number of ether oxygens (including phenoxy) is 4. The molecule has 0 saturated heterocycles. The van der Waals surface area contributed by atoms with Gasteiger partial charge in [0.25, 0.3) is 0 Å². The van der Waals surface area contributed by atoms with Crippen molar-refractivity contribution in [1.29, 1.82) is 0 Å². The minimum atomic E-state index is -0.736. The molecule has 2 amide bonds. The van der Waals surface area contributed by atoms with Crippen LogP contribution >= 0.6 is 11.8 Å². The molecule has 0 fully saturated rings. The lowest BCUT2D eigenvalue weighted by atomic mass is 9.95. The number of hydrogen-bond acceptors (Lipinski definition) is 10. The quantitative estimate of drug-likeness (QED) is 0.266. The zero-order valence-electron chi connectivity index (χ0n) is 25.7. The molecular formula is C32H38N4O7S. The van der Waals surface area contributed by atoms with Gasteiger partial charge in [0.15, 0.2) is 11.5 Å². The van der Waals surface area contributed by atoms with Crippen molar-refractivity contribution in [2.24, 2.45) is 0 Å². The van der Waals surface area contributed by atoms with Crippen LogP contribution in [0.25, 0.3) is 11.1 Å². The molecular weight excluding hydrogens is 584 g/mol. The molecule has 0 saturated carbocycles. The molecule has 11 nitrogen and oxygen atoms in total. The van der Waals surface area contributed by atoms with Gasteiger partial charge in [-0.3, -0.25) is 14.4 Å². The zero-order valence-corrected chi connectivity index (χ0v) is 26.6. The number of anilines is 2. The van der Waals surface area contributed by atoms with Gasteiger partial charge in [0.2, 0.25) is 28.9 Å². The SMILES string of the molecule is COc1cc2c(c(OC)c1OC)-c1ccc(N[C@H](CCSC)C(=O)Nc3cccnc3OC)c(=O)cc1[C@H](NC(C)=O)CC2. The van der Waals surface area contributed by atoms with Crippen molar-refractivity contribution in [2.75, 3.05) is 51.1 Å². The fourth-order valence-corrected chi connectivity index (χ4v) is 5.86. The maximum atomic E-state index is 13.8. The lowest BCUT2D eigenvalue weighted by molar-refractivity contribution is -0.120. The molecule has 44 heavy (non-hydrogen) atoms. The number of aryl methyl sites for hydroxylation is 1. The highest BCUT2D eigenvalue weighted by molar-refractivity contribution is 7.98. The maximum absolute atomic E-state index is 13.8. The molecule has 3 N–H and O–H groups in total. The molecule has 0 aliphatic heterocycles. The minimum absolute atomic E-state index is 0.217. The first-order chi connectivity index (χ1) is 21.3. The van der Waals surface area contributed by atoms with Crippen molar-refractivity contribution in [1.82, 2.24) is 10.3 Å². The topological polar surface area (TPSA) is 137 Å². The number of pyridine rings is 1. The third-order valence-corrected chi connectivity index (χ3v) is 8.04. The van der Waals surface area contributed by atoms with Crippen LogP contribution in [0, 0.1) is 0 Å². The number of thioether (sulfide) groups is 1. The van der Waals surface area contributed by atoms with E-state index in [9.17, 15) is 14.4 Å². The van der Waals surface area contributed by atoms with E-state index in [0.717, 1.165) is 11.1 Å². The van der Waals surface area contributed by atoms with Gasteiger partial charge in [-0.2, -0.15) is 11.8 Å². The van der Waals surface area contributed by atoms with Crippen molar-refractivity contribution in [3.8, 4) is 34.3 Å². The van der Waals surface area contributed by atoms with E-state index in [1.165, 1.54) is 27.2 Å². The van der Waals surface area contributed by atoms with Gasteiger partial charge in [0, 0.05) is 18.7 Å². The lowest BCUT2D eigenvalue weighted by Crippen LogP contribution is -2.36. The third-order valence-electron chi connectivity index (χ3n) is 7.40. The summed E-state index contributed by atoms with van der Waals surface area (Å²) in [4.78, 5) is 43.7.